The Kier molecular flexibility index (Phi) is 5.94. The number of nitrogens with zero attached hydrogens (tertiary/aromatic N) is 2. The third-order valence-electron chi connectivity index (χ3n) is 4.79. The minimum atomic E-state index is -0.996. The monoisotopic (exact) mass is 420 g/mol. The molecule has 0 saturated heterocycles. The highest BCUT2D eigenvalue weighted by molar-refractivity contribution is 6.99. The van der Waals surface area contributed by atoms with Crippen molar-refractivity contribution in [2.45, 2.75) is 31.3 Å². The topological polar surface area (TPSA) is 101 Å². The SMILES string of the molecule is O=C(NC1CC1)C(=O)C(Cc1ccccc1)NC(=O)c1nsnc1-c1ccccc1. The van der Waals surface area contributed by atoms with Crippen LogP contribution in [0.1, 0.15) is 28.9 Å². The summed E-state index contributed by atoms with van der Waals surface area (Å²) in [5.41, 5.74) is 2.19. The van der Waals surface area contributed by atoms with Crippen molar-refractivity contribution in [1.82, 2.24) is 19.4 Å². The van der Waals surface area contributed by atoms with Crippen LogP contribution >= 0.6 is 11.7 Å². The molecule has 4 rings (SSSR count). The van der Waals surface area contributed by atoms with Gasteiger partial charge < -0.3 is 10.6 Å². The third-order valence-corrected chi connectivity index (χ3v) is 5.32. The van der Waals surface area contributed by atoms with E-state index in [1.54, 1.807) is 0 Å². The molecule has 1 aliphatic rings. The van der Waals surface area contributed by atoms with E-state index in [1.165, 1.54) is 0 Å². The summed E-state index contributed by atoms with van der Waals surface area (Å²) in [7, 11) is 0. The molecule has 1 saturated carbocycles. The number of hydrogen-bond donors (Lipinski definition) is 2. The van der Waals surface area contributed by atoms with Gasteiger partial charge in [0.05, 0.1) is 11.7 Å². The van der Waals surface area contributed by atoms with Gasteiger partial charge in [0.15, 0.2) is 5.69 Å². The quantitative estimate of drug-likeness (QED) is 0.545. The molecule has 1 aliphatic carbocycles. The van der Waals surface area contributed by atoms with E-state index in [9.17, 15) is 14.4 Å². The highest BCUT2D eigenvalue weighted by Crippen LogP contribution is 2.22. The Morgan fingerprint density at radius 2 is 1.63 bits per heavy atom. The summed E-state index contributed by atoms with van der Waals surface area (Å²) in [5, 5.41) is 5.41. The fraction of sp³-hybridized carbons (Fsp3) is 0.227. The average Bonchev–Trinajstić information content (AvgIpc) is 3.45. The summed E-state index contributed by atoms with van der Waals surface area (Å²) in [6, 6.07) is 17.6. The second-order valence-electron chi connectivity index (χ2n) is 7.16. The Labute approximate surface area is 177 Å². The number of Topliss-reactive ketones (excluding diaryl/α,β-unsaturated/α-hetero) is 1. The number of aromatic nitrogens is 2. The average molecular weight is 420 g/mol. The minimum absolute atomic E-state index is 0.0574. The van der Waals surface area contributed by atoms with Crippen molar-refractivity contribution in [2.75, 3.05) is 0 Å². The van der Waals surface area contributed by atoms with Crippen LogP contribution in [0.4, 0.5) is 0 Å². The number of carbonyl (C=O) groups is 3. The van der Waals surface area contributed by atoms with E-state index in [0.717, 1.165) is 35.7 Å². The largest absolute Gasteiger partial charge is 0.347 e. The van der Waals surface area contributed by atoms with E-state index in [0.29, 0.717) is 5.69 Å². The Morgan fingerprint density at radius 1 is 0.967 bits per heavy atom. The molecular weight excluding hydrogens is 400 g/mol. The first-order chi connectivity index (χ1) is 14.6. The van der Waals surface area contributed by atoms with Crippen LogP contribution in [0.3, 0.4) is 0 Å². The van der Waals surface area contributed by atoms with Crippen molar-refractivity contribution >= 4 is 29.3 Å². The summed E-state index contributed by atoms with van der Waals surface area (Å²) < 4.78 is 8.35. The van der Waals surface area contributed by atoms with Gasteiger partial charge in [-0.3, -0.25) is 14.4 Å². The number of ketones is 1. The van der Waals surface area contributed by atoms with Crippen molar-refractivity contribution in [3.05, 3.63) is 71.9 Å². The summed E-state index contributed by atoms with van der Waals surface area (Å²) in [6.45, 7) is 0. The van der Waals surface area contributed by atoms with Crippen LogP contribution in [0.15, 0.2) is 60.7 Å². The second-order valence-corrected chi connectivity index (χ2v) is 7.68. The van der Waals surface area contributed by atoms with Gasteiger partial charge in [-0.15, -0.1) is 0 Å². The second kappa shape index (κ2) is 8.96. The normalized spacial score (nSPS) is 14.0. The first-order valence-corrected chi connectivity index (χ1v) is 10.4. The van der Waals surface area contributed by atoms with Crippen LogP contribution in [0.25, 0.3) is 11.3 Å². The maximum Gasteiger partial charge on any atom is 0.289 e. The van der Waals surface area contributed by atoms with Crippen LogP contribution in [-0.4, -0.2) is 38.4 Å². The minimum Gasteiger partial charge on any atom is -0.347 e. The Hall–Kier alpha value is -3.39. The number of carbonyl (C=O) groups excluding carboxylic acids is 3. The van der Waals surface area contributed by atoms with Crippen molar-refractivity contribution in [1.29, 1.82) is 0 Å². The number of hydrogen-bond acceptors (Lipinski definition) is 6. The van der Waals surface area contributed by atoms with Crippen molar-refractivity contribution in [3.63, 3.8) is 0 Å². The van der Waals surface area contributed by atoms with Gasteiger partial charge in [0, 0.05) is 18.0 Å². The van der Waals surface area contributed by atoms with Crippen LogP contribution in [0, 0.1) is 0 Å². The lowest BCUT2D eigenvalue weighted by molar-refractivity contribution is -0.139. The molecule has 1 fully saturated rings. The van der Waals surface area contributed by atoms with Crippen LogP contribution in [0.5, 0.6) is 0 Å². The highest BCUT2D eigenvalue weighted by Gasteiger charge is 2.32. The van der Waals surface area contributed by atoms with Gasteiger partial charge >= 0.3 is 0 Å². The first kappa shape index (κ1) is 19.9. The number of benzene rings is 2. The van der Waals surface area contributed by atoms with Crippen molar-refractivity contribution < 1.29 is 14.4 Å². The van der Waals surface area contributed by atoms with E-state index in [4.69, 9.17) is 0 Å². The number of nitrogens with one attached hydrogen (secondary N) is 2. The maximum absolute atomic E-state index is 13.0. The highest BCUT2D eigenvalue weighted by atomic mass is 32.1. The molecule has 1 aromatic heterocycles. The van der Waals surface area contributed by atoms with E-state index in [2.05, 4.69) is 19.4 Å². The molecule has 2 N–H and O–H groups in total. The zero-order valence-corrected chi connectivity index (χ0v) is 16.9. The van der Waals surface area contributed by atoms with Gasteiger partial charge in [0.2, 0.25) is 5.78 Å². The molecular formula is C22H20N4O3S. The van der Waals surface area contributed by atoms with E-state index in [1.807, 2.05) is 60.7 Å². The predicted molar refractivity (Wildman–Crippen MR) is 113 cm³/mol. The number of amides is 2. The zero-order valence-electron chi connectivity index (χ0n) is 16.1. The van der Waals surface area contributed by atoms with E-state index >= 15 is 0 Å². The molecule has 8 heteroatoms. The van der Waals surface area contributed by atoms with E-state index in [-0.39, 0.29) is 18.2 Å². The molecule has 1 heterocycles. The molecule has 0 bridgehead atoms. The molecule has 0 aliphatic heterocycles. The van der Waals surface area contributed by atoms with Gasteiger partial charge in [-0.2, -0.15) is 8.75 Å². The predicted octanol–water partition coefficient (Wildman–Crippen LogP) is 2.39. The fourth-order valence-electron chi connectivity index (χ4n) is 3.05. The fourth-order valence-corrected chi connectivity index (χ4v) is 3.62. The molecule has 1 atom stereocenters. The lowest BCUT2D eigenvalue weighted by atomic mass is 10.0. The van der Waals surface area contributed by atoms with Crippen molar-refractivity contribution in [2.24, 2.45) is 0 Å². The molecule has 152 valence electrons. The summed E-state index contributed by atoms with van der Waals surface area (Å²) in [4.78, 5) is 38.1. The van der Waals surface area contributed by atoms with Crippen molar-refractivity contribution in [3.8, 4) is 11.3 Å². The molecule has 1 unspecified atom stereocenters. The van der Waals surface area contributed by atoms with Crippen LogP contribution in [-0.2, 0) is 16.0 Å². The molecule has 30 heavy (non-hydrogen) atoms. The van der Waals surface area contributed by atoms with Gasteiger partial charge in [0.25, 0.3) is 11.8 Å². The first-order valence-electron chi connectivity index (χ1n) is 9.69. The molecule has 0 spiro atoms. The number of rotatable bonds is 8. The lowest BCUT2D eigenvalue weighted by Crippen LogP contribution is -2.49. The Bertz CT molecular complexity index is 1050. The van der Waals surface area contributed by atoms with Gasteiger partial charge in [0.1, 0.15) is 11.7 Å². The van der Waals surface area contributed by atoms with Crippen LogP contribution in [0.2, 0.25) is 0 Å². The van der Waals surface area contributed by atoms with Gasteiger partial charge in [-0.05, 0) is 18.4 Å². The molecule has 0 radical (unpaired) electrons. The van der Waals surface area contributed by atoms with Gasteiger partial charge in [-0.25, -0.2) is 0 Å². The zero-order chi connectivity index (χ0) is 20.9. The summed E-state index contributed by atoms with van der Waals surface area (Å²) >= 11 is 0.927. The smallest absolute Gasteiger partial charge is 0.289 e. The Morgan fingerprint density at radius 3 is 2.30 bits per heavy atom. The lowest BCUT2D eigenvalue weighted by Gasteiger charge is -2.17. The molecule has 2 aromatic carbocycles. The standard InChI is InChI=1S/C22H20N4O3S/c27-20(22(29)23-16-11-12-16)17(13-14-7-3-1-4-8-14)24-21(28)19-18(25-30-26-19)15-9-5-2-6-10-15/h1-10,16-17H,11-13H2,(H,23,29)(H,24,28). The molecule has 3 aromatic rings. The Balaban J connectivity index is 1.55. The van der Waals surface area contributed by atoms with Gasteiger partial charge in [-0.1, -0.05) is 60.7 Å². The van der Waals surface area contributed by atoms with Crippen LogP contribution < -0.4 is 10.6 Å². The molecule has 2 amide bonds. The summed E-state index contributed by atoms with van der Waals surface area (Å²) in [5.74, 6) is -1.86. The summed E-state index contributed by atoms with van der Waals surface area (Å²) in [6.07, 6.45) is 1.96. The third kappa shape index (κ3) is 4.77. The maximum atomic E-state index is 13.0. The molecule has 7 nitrogen and oxygen atoms in total. The van der Waals surface area contributed by atoms with E-state index < -0.39 is 23.6 Å².